The summed E-state index contributed by atoms with van der Waals surface area (Å²) in [7, 11) is 1.39. The molecule has 1 aromatic heterocycles. The molecule has 0 bridgehead atoms. The Balaban J connectivity index is 1.45. The topological polar surface area (TPSA) is 59.5 Å². The van der Waals surface area contributed by atoms with Crippen LogP contribution in [-0.4, -0.2) is 42.0 Å². The number of likely N-dealkylation sites (tertiary alicyclic amines) is 1. The van der Waals surface area contributed by atoms with Crippen LogP contribution in [0.25, 0.3) is 0 Å². The normalized spacial score (nSPS) is 15.2. The van der Waals surface area contributed by atoms with Crippen LogP contribution in [0.5, 0.6) is 0 Å². The van der Waals surface area contributed by atoms with Gasteiger partial charge in [0.1, 0.15) is 5.69 Å². The summed E-state index contributed by atoms with van der Waals surface area (Å²) in [6.45, 7) is 1.62. The van der Waals surface area contributed by atoms with E-state index in [1.54, 1.807) is 5.51 Å². The zero-order valence-corrected chi connectivity index (χ0v) is 15.1. The van der Waals surface area contributed by atoms with Gasteiger partial charge in [-0.2, -0.15) is 0 Å². The van der Waals surface area contributed by atoms with Crippen LogP contribution in [0.1, 0.15) is 45.7 Å². The van der Waals surface area contributed by atoms with E-state index in [-0.39, 0.29) is 11.9 Å². The Kier molecular flexibility index (Phi) is 5.81. The summed E-state index contributed by atoms with van der Waals surface area (Å²) in [5.74, 6) is 0.390. The number of nitrogens with zero attached hydrogens (tertiary/aromatic N) is 2. The maximum atomic E-state index is 12.3. The molecule has 0 atom stereocenters. The van der Waals surface area contributed by atoms with Crippen LogP contribution in [0.2, 0.25) is 0 Å². The monoisotopic (exact) mass is 358 g/mol. The minimum absolute atomic E-state index is 0.0538. The molecule has 1 aliphatic heterocycles. The summed E-state index contributed by atoms with van der Waals surface area (Å²) in [6, 6.07) is 7.62. The van der Waals surface area contributed by atoms with Crippen LogP contribution in [-0.2, 0) is 11.2 Å². The fraction of sp³-hybridized carbons (Fsp3) is 0.421. The highest BCUT2D eigenvalue weighted by molar-refractivity contribution is 7.07. The molecule has 0 saturated carbocycles. The molecule has 1 amide bonds. The van der Waals surface area contributed by atoms with E-state index in [9.17, 15) is 9.59 Å². The van der Waals surface area contributed by atoms with Gasteiger partial charge in [0.25, 0.3) is 5.91 Å². The maximum Gasteiger partial charge on any atom is 0.337 e. The molecule has 1 saturated heterocycles. The van der Waals surface area contributed by atoms with Gasteiger partial charge in [-0.05, 0) is 49.3 Å². The molecule has 0 radical (unpaired) electrons. The van der Waals surface area contributed by atoms with E-state index in [0.717, 1.165) is 38.8 Å². The largest absolute Gasteiger partial charge is 0.465 e. The first kappa shape index (κ1) is 17.6. The van der Waals surface area contributed by atoms with Crippen molar-refractivity contribution in [2.75, 3.05) is 20.2 Å². The standard InChI is InChI=1S/C19H22N2O3S/c1-24-19(23)16-6-4-14(5-7-16)2-3-15-8-10-21(11-9-15)18(22)17-12-25-13-20-17/h4-7,12-13,15H,2-3,8-11H2,1H3. The van der Waals surface area contributed by atoms with Crippen molar-refractivity contribution >= 4 is 23.2 Å². The summed E-state index contributed by atoms with van der Waals surface area (Å²) >= 11 is 1.45. The van der Waals surface area contributed by atoms with E-state index in [2.05, 4.69) is 4.98 Å². The van der Waals surface area contributed by atoms with Crippen molar-refractivity contribution in [3.05, 3.63) is 52.0 Å². The fourth-order valence-electron chi connectivity index (χ4n) is 3.20. The molecule has 0 aliphatic carbocycles. The van der Waals surface area contributed by atoms with E-state index in [1.165, 1.54) is 24.0 Å². The van der Waals surface area contributed by atoms with Crippen LogP contribution in [0.4, 0.5) is 0 Å². The number of aromatic nitrogens is 1. The number of benzene rings is 1. The Hall–Kier alpha value is -2.21. The third-order valence-corrected chi connectivity index (χ3v) is 5.36. The number of hydrogen-bond donors (Lipinski definition) is 0. The molecule has 2 aromatic rings. The van der Waals surface area contributed by atoms with Gasteiger partial charge in [0.15, 0.2) is 0 Å². The number of piperidine rings is 1. The SMILES string of the molecule is COC(=O)c1ccc(CCC2CCN(C(=O)c3cscn3)CC2)cc1. The van der Waals surface area contributed by atoms with Gasteiger partial charge in [0, 0.05) is 18.5 Å². The Morgan fingerprint density at radius 2 is 1.96 bits per heavy atom. The third kappa shape index (κ3) is 4.45. The van der Waals surface area contributed by atoms with Gasteiger partial charge in [0.05, 0.1) is 18.2 Å². The molecule has 1 aliphatic rings. The zero-order valence-electron chi connectivity index (χ0n) is 14.3. The number of aryl methyl sites for hydroxylation is 1. The summed E-state index contributed by atoms with van der Waals surface area (Å²) in [6.07, 6.45) is 4.18. The first-order chi connectivity index (χ1) is 12.2. The van der Waals surface area contributed by atoms with Gasteiger partial charge in [-0.1, -0.05) is 12.1 Å². The number of esters is 1. The number of carbonyl (C=O) groups excluding carboxylic acids is 2. The molecule has 0 spiro atoms. The average molecular weight is 358 g/mol. The quantitative estimate of drug-likeness (QED) is 0.769. The lowest BCUT2D eigenvalue weighted by atomic mass is 9.90. The van der Waals surface area contributed by atoms with E-state index in [0.29, 0.717) is 17.2 Å². The molecule has 1 fully saturated rings. The number of rotatable bonds is 5. The maximum absolute atomic E-state index is 12.3. The second kappa shape index (κ2) is 8.25. The number of amides is 1. The molecule has 2 heterocycles. The zero-order chi connectivity index (χ0) is 17.6. The van der Waals surface area contributed by atoms with Crippen LogP contribution >= 0.6 is 11.3 Å². The van der Waals surface area contributed by atoms with Crippen molar-refractivity contribution in [1.29, 1.82) is 0 Å². The molecule has 0 N–H and O–H groups in total. The number of methoxy groups -OCH3 is 1. The lowest BCUT2D eigenvalue weighted by Gasteiger charge is -2.31. The predicted molar refractivity (Wildman–Crippen MR) is 96.8 cm³/mol. The Morgan fingerprint density at radius 3 is 2.56 bits per heavy atom. The van der Waals surface area contributed by atoms with Crippen LogP contribution in [0.15, 0.2) is 35.2 Å². The fourth-order valence-corrected chi connectivity index (χ4v) is 3.73. The van der Waals surface area contributed by atoms with Crippen LogP contribution in [0.3, 0.4) is 0 Å². The number of ether oxygens (including phenoxy) is 1. The van der Waals surface area contributed by atoms with E-state index >= 15 is 0 Å². The second-order valence-electron chi connectivity index (χ2n) is 6.34. The number of hydrogen-bond acceptors (Lipinski definition) is 5. The number of carbonyl (C=O) groups is 2. The molecule has 5 nitrogen and oxygen atoms in total. The van der Waals surface area contributed by atoms with Gasteiger partial charge < -0.3 is 9.64 Å². The van der Waals surface area contributed by atoms with E-state index < -0.39 is 0 Å². The molecule has 132 valence electrons. The molecule has 6 heteroatoms. The summed E-state index contributed by atoms with van der Waals surface area (Å²) in [5.41, 5.74) is 4.08. The summed E-state index contributed by atoms with van der Waals surface area (Å²) in [5, 5.41) is 1.81. The van der Waals surface area contributed by atoms with Crippen LogP contribution < -0.4 is 0 Å². The first-order valence-corrected chi connectivity index (χ1v) is 9.46. The van der Waals surface area contributed by atoms with Gasteiger partial charge in [-0.25, -0.2) is 9.78 Å². The van der Waals surface area contributed by atoms with E-state index in [4.69, 9.17) is 4.74 Å². The van der Waals surface area contributed by atoms with Crippen molar-refractivity contribution in [1.82, 2.24) is 9.88 Å². The van der Waals surface area contributed by atoms with Gasteiger partial charge in [-0.15, -0.1) is 11.3 Å². The van der Waals surface area contributed by atoms with Crippen molar-refractivity contribution in [3.8, 4) is 0 Å². The third-order valence-electron chi connectivity index (χ3n) is 4.77. The van der Waals surface area contributed by atoms with Crippen molar-refractivity contribution < 1.29 is 14.3 Å². The molecule has 0 unspecified atom stereocenters. The molecule has 1 aromatic carbocycles. The predicted octanol–water partition coefficient (Wildman–Crippen LogP) is 3.41. The second-order valence-corrected chi connectivity index (χ2v) is 7.06. The average Bonchev–Trinajstić information content (AvgIpc) is 3.21. The van der Waals surface area contributed by atoms with Gasteiger partial charge >= 0.3 is 5.97 Å². The highest BCUT2D eigenvalue weighted by Crippen LogP contribution is 2.23. The lowest BCUT2D eigenvalue weighted by Crippen LogP contribution is -2.38. The molecular formula is C19H22N2O3S. The molecular weight excluding hydrogens is 336 g/mol. The highest BCUT2D eigenvalue weighted by atomic mass is 32.1. The Bertz CT molecular complexity index is 705. The minimum atomic E-state index is -0.302. The lowest BCUT2D eigenvalue weighted by molar-refractivity contribution is 0.0600. The molecule has 3 rings (SSSR count). The Morgan fingerprint density at radius 1 is 1.24 bits per heavy atom. The summed E-state index contributed by atoms with van der Waals surface area (Å²) < 4.78 is 4.71. The summed E-state index contributed by atoms with van der Waals surface area (Å²) in [4.78, 5) is 29.8. The first-order valence-electron chi connectivity index (χ1n) is 8.52. The smallest absolute Gasteiger partial charge is 0.337 e. The van der Waals surface area contributed by atoms with Gasteiger partial charge in [0.2, 0.25) is 0 Å². The van der Waals surface area contributed by atoms with Crippen molar-refractivity contribution in [2.45, 2.75) is 25.7 Å². The number of thiazole rings is 1. The highest BCUT2D eigenvalue weighted by Gasteiger charge is 2.24. The molecule has 25 heavy (non-hydrogen) atoms. The van der Waals surface area contributed by atoms with Crippen LogP contribution in [0, 0.1) is 5.92 Å². The van der Waals surface area contributed by atoms with Gasteiger partial charge in [-0.3, -0.25) is 4.79 Å². The van der Waals surface area contributed by atoms with Crippen molar-refractivity contribution in [3.63, 3.8) is 0 Å². The Labute approximate surface area is 151 Å². The van der Waals surface area contributed by atoms with Crippen molar-refractivity contribution in [2.24, 2.45) is 5.92 Å². The van der Waals surface area contributed by atoms with E-state index in [1.807, 2.05) is 34.5 Å². The minimum Gasteiger partial charge on any atom is -0.465 e.